The molecule has 124 valence electrons. The van der Waals surface area contributed by atoms with Crippen LogP contribution >= 0.6 is 0 Å². The second-order valence-electron chi connectivity index (χ2n) is 6.84. The summed E-state index contributed by atoms with van der Waals surface area (Å²) >= 11 is 0. The molecular weight excluding hydrogens is 290 g/mol. The van der Waals surface area contributed by atoms with Gasteiger partial charge in [-0.1, -0.05) is 49.1 Å². The van der Waals surface area contributed by atoms with E-state index in [9.17, 15) is 0 Å². The van der Waals surface area contributed by atoms with Crippen molar-refractivity contribution in [2.24, 2.45) is 0 Å². The summed E-state index contributed by atoms with van der Waals surface area (Å²) in [4.78, 5) is 0. The Morgan fingerprint density at radius 2 is 1.79 bits per heavy atom. The van der Waals surface area contributed by atoms with Crippen molar-refractivity contribution in [3.05, 3.63) is 83.4 Å². The summed E-state index contributed by atoms with van der Waals surface area (Å²) in [6, 6.07) is 15.4. The zero-order chi connectivity index (χ0) is 16.9. The average Bonchev–Trinajstić information content (AvgIpc) is 2.60. The van der Waals surface area contributed by atoms with Gasteiger partial charge in [-0.15, -0.1) is 0 Å². The van der Waals surface area contributed by atoms with Crippen LogP contribution in [0.1, 0.15) is 47.9 Å². The fourth-order valence-corrected chi connectivity index (χ4v) is 3.31. The Bertz CT molecular complexity index is 754. The fourth-order valence-electron chi connectivity index (χ4n) is 3.31. The van der Waals surface area contributed by atoms with Crippen molar-refractivity contribution in [1.82, 2.24) is 0 Å². The first-order valence-corrected chi connectivity index (χ1v) is 8.93. The smallest absolute Gasteiger partial charge is 0.0346 e. The number of aryl methyl sites for hydroxylation is 2. The number of nitrogens with one attached hydrogen (secondary N) is 1. The van der Waals surface area contributed by atoms with Gasteiger partial charge in [-0.2, -0.15) is 0 Å². The zero-order valence-electron chi connectivity index (χ0n) is 14.7. The van der Waals surface area contributed by atoms with E-state index in [1.54, 1.807) is 0 Å². The van der Waals surface area contributed by atoms with Gasteiger partial charge in [0.2, 0.25) is 0 Å². The molecule has 3 rings (SSSR count). The lowest BCUT2D eigenvalue weighted by molar-refractivity contribution is 0.731. The highest BCUT2D eigenvalue weighted by molar-refractivity contribution is 5.81. The summed E-state index contributed by atoms with van der Waals surface area (Å²) in [6.45, 7) is 11.8. The molecule has 0 amide bonds. The van der Waals surface area contributed by atoms with Gasteiger partial charge in [0.25, 0.3) is 0 Å². The van der Waals surface area contributed by atoms with Crippen LogP contribution in [0.25, 0.3) is 5.57 Å². The molecular formula is C23H27N. The van der Waals surface area contributed by atoms with Crippen LogP contribution in [0.15, 0.2) is 61.2 Å². The molecule has 0 spiro atoms. The van der Waals surface area contributed by atoms with E-state index in [1.807, 2.05) is 0 Å². The molecule has 0 saturated heterocycles. The molecule has 1 N–H and O–H groups in total. The maximum absolute atomic E-state index is 4.38. The first-order valence-electron chi connectivity index (χ1n) is 8.93. The first kappa shape index (κ1) is 16.6. The third-order valence-corrected chi connectivity index (χ3v) is 4.89. The average molecular weight is 317 g/mol. The van der Waals surface area contributed by atoms with Crippen molar-refractivity contribution in [3.8, 4) is 0 Å². The van der Waals surface area contributed by atoms with Crippen molar-refractivity contribution in [1.29, 1.82) is 0 Å². The standard InChI is InChI=1S/C23H27N/c1-17-7-4-5-14-24-22-13-11-18(2)23(16-22)19(3)21-9-6-8-20(15-21)12-10-17/h6,8-9,11,13,15-16,24H,1,3-5,7,10,12,14H2,2H3. The summed E-state index contributed by atoms with van der Waals surface area (Å²) in [5.41, 5.74) is 8.74. The van der Waals surface area contributed by atoms with Crippen LogP contribution in [0.3, 0.4) is 0 Å². The van der Waals surface area contributed by atoms with Crippen LogP contribution in [0.4, 0.5) is 5.69 Å². The number of allylic oxidation sites excluding steroid dienone is 1. The monoisotopic (exact) mass is 317 g/mol. The van der Waals surface area contributed by atoms with E-state index in [-0.39, 0.29) is 0 Å². The van der Waals surface area contributed by atoms with E-state index in [1.165, 1.54) is 46.4 Å². The molecule has 1 heterocycles. The van der Waals surface area contributed by atoms with Crippen LogP contribution in [-0.4, -0.2) is 6.54 Å². The third-order valence-electron chi connectivity index (χ3n) is 4.89. The van der Waals surface area contributed by atoms with Crippen LogP contribution < -0.4 is 5.32 Å². The summed E-state index contributed by atoms with van der Waals surface area (Å²) < 4.78 is 0. The van der Waals surface area contributed by atoms with Crippen molar-refractivity contribution >= 4 is 11.3 Å². The van der Waals surface area contributed by atoms with E-state index in [2.05, 4.69) is 67.9 Å². The predicted molar refractivity (Wildman–Crippen MR) is 106 cm³/mol. The Hall–Kier alpha value is -2.28. The van der Waals surface area contributed by atoms with Gasteiger partial charge < -0.3 is 5.32 Å². The van der Waals surface area contributed by atoms with Crippen LogP contribution in [0, 0.1) is 6.92 Å². The molecule has 1 heteroatoms. The number of fused-ring (bicyclic) bond motifs is 4. The fraction of sp³-hybridized carbons (Fsp3) is 0.304. The van der Waals surface area contributed by atoms with Crippen LogP contribution in [0.5, 0.6) is 0 Å². The maximum atomic E-state index is 4.38. The minimum Gasteiger partial charge on any atom is -0.385 e. The highest BCUT2D eigenvalue weighted by Gasteiger charge is 2.09. The molecule has 0 atom stereocenters. The number of hydrogen-bond donors (Lipinski definition) is 1. The van der Waals surface area contributed by atoms with E-state index in [0.717, 1.165) is 31.4 Å². The Labute approximate surface area is 146 Å². The highest BCUT2D eigenvalue weighted by atomic mass is 14.9. The minimum atomic E-state index is 1.01. The zero-order valence-corrected chi connectivity index (χ0v) is 14.7. The molecule has 1 aliphatic heterocycles. The Balaban J connectivity index is 1.97. The summed E-state index contributed by atoms with van der Waals surface area (Å²) in [7, 11) is 0. The Morgan fingerprint density at radius 1 is 0.917 bits per heavy atom. The van der Waals surface area contributed by atoms with Crippen molar-refractivity contribution in [2.45, 2.75) is 39.0 Å². The van der Waals surface area contributed by atoms with Crippen LogP contribution in [0.2, 0.25) is 0 Å². The van der Waals surface area contributed by atoms with Gasteiger partial charge in [-0.25, -0.2) is 0 Å². The lowest BCUT2D eigenvalue weighted by Crippen LogP contribution is -2.02. The van der Waals surface area contributed by atoms with Gasteiger partial charge in [-0.05, 0) is 79.0 Å². The number of rotatable bonds is 0. The van der Waals surface area contributed by atoms with Gasteiger partial charge >= 0.3 is 0 Å². The minimum absolute atomic E-state index is 1.01. The Kier molecular flexibility index (Phi) is 5.20. The summed E-state index contributed by atoms with van der Waals surface area (Å²) in [5.74, 6) is 0. The van der Waals surface area contributed by atoms with Gasteiger partial charge in [0.05, 0.1) is 0 Å². The van der Waals surface area contributed by atoms with Crippen molar-refractivity contribution < 1.29 is 0 Å². The molecule has 0 unspecified atom stereocenters. The SMILES string of the molecule is C=C1CCCCNc2ccc(C)c(c2)C(=C)c2cccc(c2)CC1. The molecule has 0 fully saturated rings. The number of anilines is 1. The highest BCUT2D eigenvalue weighted by Crippen LogP contribution is 2.28. The number of benzene rings is 2. The predicted octanol–water partition coefficient (Wildman–Crippen LogP) is 6.14. The van der Waals surface area contributed by atoms with Crippen LogP contribution in [-0.2, 0) is 6.42 Å². The number of hydrogen-bond acceptors (Lipinski definition) is 1. The summed E-state index contributed by atoms with van der Waals surface area (Å²) in [5, 5.41) is 3.55. The molecule has 24 heavy (non-hydrogen) atoms. The van der Waals surface area contributed by atoms with Gasteiger partial charge in [0.15, 0.2) is 0 Å². The van der Waals surface area contributed by atoms with Gasteiger partial charge in [0, 0.05) is 12.2 Å². The molecule has 0 aliphatic carbocycles. The van der Waals surface area contributed by atoms with Crippen molar-refractivity contribution in [3.63, 3.8) is 0 Å². The normalized spacial score (nSPS) is 16.0. The maximum Gasteiger partial charge on any atom is 0.0346 e. The lowest BCUT2D eigenvalue weighted by Gasteiger charge is -2.14. The molecule has 1 nitrogen and oxygen atoms in total. The summed E-state index contributed by atoms with van der Waals surface area (Å²) in [6.07, 6.45) is 5.66. The molecule has 0 radical (unpaired) electrons. The molecule has 1 aliphatic rings. The lowest BCUT2D eigenvalue weighted by atomic mass is 9.93. The molecule has 0 aromatic heterocycles. The van der Waals surface area contributed by atoms with E-state index in [4.69, 9.17) is 0 Å². The topological polar surface area (TPSA) is 12.0 Å². The molecule has 4 bridgehead atoms. The quantitative estimate of drug-likeness (QED) is 0.575. The van der Waals surface area contributed by atoms with E-state index in [0.29, 0.717) is 0 Å². The van der Waals surface area contributed by atoms with Gasteiger partial charge in [-0.3, -0.25) is 0 Å². The molecule has 0 saturated carbocycles. The second-order valence-corrected chi connectivity index (χ2v) is 6.84. The Morgan fingerprint density at radius 3 is 2.67 bits per heavy atom. The molecule has 2 aromatic carbocycles. The molecule has 2 aromatic rings. The van der Waals surface area contributed by atoms with E-state index < -0.39 is 0 Å². The van der Waals surface area contributed by atoms with E-state index >= 15 is 0 Å². The third kappa shape index (κ3) is 3.97. The van der Waals surface area contributed by atoms with Crippen molar-refractivity contribution in [2.75, 3.05) is 11.9 Å². The second kappa shape index (κ2) is 7.53. The largest absolute Gasteiger partial charge is 0.385 e. The first-order chi connectivity index (χ1) is 11.6. The van der Waals surface area contributed by atoms with Gasteiger partial charge in [0.1, 0.15) is 0 Å².